The summed E-state index contributed by atoms with van der Waals surface area (Å²) in [6.07, 6.45) is 27.8. The number of carboxylic acids is 1. The Kier molecular flexibility index (Phi) is 21.9. The fourth-order valence-corrected chi connectivity index (χ4v) is 3.49. The Morgan fingerprint density at radius 2 is 1.29 bits per heavy atom. The molecule has 1 atom stereocenters. The summed E-state index contributed by atoms with van der Waals surface area (Å²) in [6.45, 7) is 4.09. The maximum absolute atomic E-state index is 11.8. The van der Waals surface area contributed by atoms with Crippen LogP contribution in [0.1, 0.15) is 129 Å². The number of hydrogen-bond donors (Lipinski definition) is 1. The fourth-order valence-electron chi connectivity index (χ4n) is 3.49. The second kappa shape index (κ2) is 23.1. The zero-order valence-electron chi connectivity index (χ0n) is 20.3. The van der Waals surface area contributed by atoms with E-state index in [9.17, 15) is 9.59 Å². The molecule has 0 saturated carbocycles. The van der Waals surface area contributed by atoms with Crippen LogP contribution in [0.2, 0.25) is 0 Å². The van der Waals surface area contributed by atoms with Gasteiger partial charge in [0.2, 0.25) is 0 Å². The summed E-state index contributed by atoms with van der Waals surface area (Å²) >= 11 is 0. The summed E-state index contributed by atoms with van der Waals surface area (Å²) in [5.74, 6) is -0.952. The van der Waals surface area contributed by atoms with Gasteiger partial charge in [0.15, 0.2) is 0 Å². The highest BCUT2D eigenvalue weighted by molar-refractivity contribution is 5.69. The molecule has 0 aliphatic heterocycles. The third-order valence-corrected chi connectivity index (χ3v) is 5.42. The van der Waals surface area contributed by atoms with Crippen molar-refractivity contribution in [1.82, 2.24) is 0 Å². The van der Waals surface area contributed by atoms with E-state index < -0.39 is 5.97 Å². The molecule has 0 rings (SSSR count). The van der Waals surface area contributed by atoms with Crippen molar-refractivity contribution in [1.29, 1.82) is 0 Å². The quantitative estimate of drug-likeness (QED) is 0.106. The lowest BCUT2D eigenvalue weighted by molar-refractivity contribution is -0.148. The van der Waals surface area contributed by atoms with Gasteiger partial charge in [-0.05, 0) is 58.3 Å². The number of unbranched alkanes of at least 4 members (excludes halogenated alkanes) is 11. The Morgan fingerprint density at radius 1 is 0.742 bits per heavy atom. The first-order chi connectivity index (χ1) is 15.1. The van der Waals surface area contributed by atoms with Gasteiger partial charge in [-0.2, -0.15) is 0 Å². The lowest BCUT2D eigenvalue weighted by atomic mass is 10.1. The van der Waals surface area contributed by atoms with E-state index in [4.69, 9.17) is 9.84 Å². The smallest absolute Gasteiger partial charge is 0.306 e. The zero-order chi connectivity index (χ0) is 23.0. The molecule has 0 aromatic rings. The molecule has 4 nitrogen and oxygen atoms in total. The summed E-state index contributed by atoms with van der Waals surface area (Å²) in [7, 11) is 0. The number of carboxylic acid groups (broad SMARTS) is 1. The molecule has 1 N–H and O–H groups in total. The second-order valence-electron chi connectivity index (χ2n) is 8.63. The molecule has 1 unspecified atom stereocenters. The molecule has 4 heteroatoms. The number of carbonyl (C=O) groups excluding carboxylic acids is 1. The normalized spacial score (nSPS) is 12.6. The monoisotopic (exact) mass is 436 g/mol. The number of rotatable bonds is 22. The minimum atomic E-state index is -0.800. The van der Waals surface area contributed by atoms with Crippen molar-refractivity contribution in [3.8, 4) is 0 Å². The molecular weight excluding hydrogens is 388 g/mol. The number of ether oxygens (including phenoxy) is 1. The summed E-state index contributed by atoms with van der Waals surface area (Å²) in [5, 5.41) is 8.62. The highest BCUT2D eigenvalue weighted by Crippen LogP contribution is 2.12. The Hall–Kier alpha value is -1.58. The van der Waals surface area contributed by atoms with Crippen molar-refractivity contribution in [2.75, 3.05) is 0 Å². The van der Waals surface area contributed by atoms with Gasteiger partial charge in [-0.15, -0.1) is 0 Å². The van der Waals surface area contributed by atoms with Crippen LogP contribution >= 0.6 is 0 Å². The van der Waals surface area contributed by atoms with Crippen LogP contribution in [0.5, 0.6) is 0 Å². The average molecular weight is 437 g/mol. The molecule has 0 radical (unpaired) electrons. The van der Waals surface area contributed by atoms with Gasteiger partial charge < -0.3 is 9.84 Å². The van der Waals surface area contributed by atoms with Gasteiger partial charge in [-0.3, -0.25) is 9.59 Å². The number of hydrogen-bond acceptors (Lipinski definition) is 3. The predicted octanol–water partition coefficient (Wildman–Crippen LogP) is 8.16. The van der Waals surface area contributed by atoms with Crippen LogP contribution < -0.4 is 0 Å². The average Bonchev–Trinajstić information content (AvgIpc) is 2.72. The van der Waals surface area contributed by atoms with Crippen LogP contribution in [0.15, 0.2) is 24.3 Å². The van der Waals surface area contributed by atoms with E-state index in [2.05, 4.69) is 31.2 Å². The predicted molar refractivity (Wildman–Crippen MR) is 130 cm³/mol. The summed E-state index contributed by atoms with van der Waals surface area (Å²) < 4.78 is 5.32. The van der Waals surface area contributed by atoms with Crippen LogP contribution in [0, 0.1) is 0 Å². The van der Waals surface area contributed by atoms with E-state index in [-0.39, 0.29) is 18.5 Å². The first-order valence-electron chi connectivity index (χ1n) is 12.8. The Labute approximate surface area is 191 Å². The minimum Gasteiger partial charge on any atom is -0.481 e. The van der Waals surface area contributed by atoms with Crippen molar-refractivity contribution in [3.05, 3.63) is 24.3 Å². The molecule has 0 aliphatic carbocycles. The molecule has 0 fully saturated rings. The standard InChI is InChI=1S/C27H48O4/c1-3-4-5-6-7-8-9-10-11-12-13-14-15-16-17-18-19-20-24-27(30)31-25(2)22-21-23-26(28)29/h8-9,11-12,25H,3-7,10,13-24H2,1-2H3,(H,28,29)/b9-8-,12-11-. The molecule has 0 saturated heterocycles. The van der Waals surface area contributed by atoms with Crippen LogP contribution in [0.3, 0.4) is 0 Å². The van der Waals surface area contributed by atoms with Crippen molar-refractivity contribution in [2.45, 2.75) is 136 Å². The Balaban J connectivity index is 3.36. The first-order valence-corrected chi connectivity index (χ1v) is 12.8. The topological polar surface area (TPSA) is 63.6 Å². The van der Waals surface area contributed by atoms with Gasteiger partial charge in [0, 0.05) is 12.8 Å². The van der Waals surface area contributed by atoms with Gasteiger partial charge in [-0.1, -0.05) is 82.6 Å². The number of carbonyl (C=O) groups is 2. The number of allylic oxidation sites excluding steroid dienone is 4. The summed E-state index contributed by atoms with van der Waals surface area (Å²) in [6, 6.07) is 0. The highest BCUT2D eigenvalue weighted by Gasteiger charge is 2.10. The van der Waals surface area contributed by atoms with E-state index in [0.717, 1.165) is 19.3 Å². The maximum atomic E-state index is 11.8. The minimum absolute atomic E-state index is 0.134. The van der Waals surface area contributed by atoms with Gasteiger partial charge in [0.1, 0.15) is 0 Å². The third kappa shape index (κ3) is 24.6. The molecule has 0 spiro atoms. The molecular formula is C27H48O4. The molecule has 0 aromatic heterocycles. The van der Waals surface area contributed by atoms with Crippen LogP contribution in [-0.4, -0.2) is 23.1 Å². The fraction of sp³-hybridized carbons (Fsp3) is 0.778. The molecule has 0 amide bonds. The SMILES string of the molecule is CCCCCC/C=C\C/C=C\CCCCCCCCCC(=O)OC(C)CCCC(=O)O. The number of esters is 1. The van der Waals surface area contributed by atoms with E-state index in [1.807, 2.05) is 6.92 Å². The van der Waals surface area contributed by atoms with Gasteiger partial charge in [0.25, 0.3) is 0 Å². The van der Waals surface area contributed by atoms with Gasteiger partial charge in [-0.25, -0.2) is 0 Å². The van der Waals surface area contributed by atoms with Crippen molar-refractivity contribution >= 4 is 11.9 Å². The zero-order valence-corrected chi connectivity index (χ0v) is 20.3. The van der Waals surface area contributed by atoms with E-state index >= 15 is 0 Å². The van der Waals surface area contributed by atoms with Gasteiger partial charge in [0.05, 0.1) is 6.10 Å². The Morgan fingerprint density at radius 3 is 1.87 bits per heavy atom. The van der Waals surface area contributed by atoms with Crippen LogP contribution in [-0.2, 0) is 14.3 Å². The van der Waals surface area contributed by atoms with E-state index in [1.54, 1.807) is 0 Å². The molecule has 180 valence electrons. The second-order valence-corrected chi connectivity index (χ2v) is 8.63. The number of aliphatic carboxylic acids is 1. The van der Waals surface area contributed by atoms with Crippen LogP contribution in [0.25, 0.3) is 0 Å². The third-order valence-electron chi connectivity index (χ3n) is 5.42. The summed E-state index contributed by atoms with van der Waals surface area (Å²) in [5.41, 5.74) is 0. The van der Waals surface area contributed by atoms with Crippen molar-refractivity contribution in [3.63, 3.8) is 0 Å². The van der Waals surface area contributed by atoms with Crippen molar-refractivity contribution in [2.24, 2.45) is 0 Å². The highest BCUT2D eigenvalue weighted by atomic mass is 16.5. The molecule has 0 aliphatic rings. The summed E-state index contributed by atoms with van der Waals surface area (Å²) in [4.78, 5) is 22.3. The lowest BCUT2D eigenvalue weighted by Gasteiger charge is -2.12. The molecule has 31 heavy (non-hydrogen) atoms. The molecule has 0 heterocycles. The van der Waals surface area contributed by atoms with E-state index in [1.165, 1.54) is 70.6 Å². The first kappa shape index (κ1) is 29.4. The van der Waals surface area contributed by atoms with Gasteiger partial charge >= 0.3 is 11.9 Å². The van der Waals surface area contributed by atoms with E-state index in [0.29, 0.717) is 19.3 Å². The lowest BCUT2D eigenvalue weighted by Crippen LogP contribution is -2.15. The molecule has 0 bridgehead atoms. The molecule has 0 aromatic carbocycles. The van der Waals surface area contributed by atoms with Crippen LogP contribution in [0.4, 0.5) is 0 Å². The van der Waals surface area contributed by atoms with Crippen molar-refractivity contribution < 1.29 is 19.4 Å². The Bertz CT molecular complexity index is 482. The maximum Gasteiger partial charge on any atom is 0.306 e. The largest absolute Gasteiger partial charge is 0.481 e.